The third-order valence-electron chi connectivity index (χ3n) is 6.08. The lowest BCUT2D eigenvalue weighted by atomic mass is 10.0. The molecule has 0 fully saturated rings. The molecule has 0 saturated heterocycles. The van der Waals surface area contributed by atoms with Crippen LogP contribution in [-0.4, -0.2) is 15.7 Å². The van der Waals surface area contributed by atoms with Crippen molar-refractivity contribution in [1.29, 1.82) is 0 Å². The van der Waals surface area contributed by atoms with Gasteiger partial charge in [-0.2, -0.15) is 5.10 Å². The lowest BCUT2D eigenvalue weighted by Crippen LogP contribution is -2.21. The van der Waals surface area contributed by atoms with Crippen LogP contribution in [0.3, 0.4) is 0 Å². The number of hydrazone groups is 1. The summed E-state index contributed by atoms with van der Waals surface area (Å²) in [5.74, 6) is 0.589. The number of hydrogen-bond donors (Lipinski definition) is 0. The molecule has 0 radical (unpaired) electrons. The minimum absolute atomic E-state index is 0.0195. The van der Waals surface area contributed by atoms with E-state index in [-0.39, 0.29) is 6.04 Å². The third kappa shape index (κ3) is 3.87. The number of fused-ring (bicyclic) bond motifs is 1. The molecule has 1 aliphatic rings. The van der Waals surface area contributed by atoms with Crippen molar-refractivity contribution < 1.29 is 0 Å². The predicted molar refractivity (Wildman–Crippen MR) is 142 cm³/mol. The fourth-order valence-corrected chi connectivity index (χ4v) is 5.23. The number of thiophene rings is 1. The van der Waals surface area contributed by atoms with Crippen molar-refractivity contribution in [3.63, 3.8) is 0 Å². The number of aryl methyl sites for hydroxylation is 1. The van der Waals surface area contributed by atoms with Crippen LogP contribution in [0.15, 0.2) is 95.4 Å². The van der Waals surface area contributed by atoms with Gasteiger partial charge < -0.3 is 0 Å². The molecule has 6 heteroatoms. The number of aromatic nitrogens is 2. The number of hydrogen-bond acceptors (Lipinski definition) is 5. The Labute approximate surface area is 207 Å². The highest BCUT2D eigenvalue weighted by Gasteiger charge is 2.32. The Morgan fingerprint density at radius 1 is 0.912 bits per heavy atom. The van der Waals surface area contributed by atoms with Gasteiger partial charge in [-0.1, -0.05) is 77.8 Å². The van der Waals surface area contributed by atoms with Crippen LogP contribution >= 0.6 is 22.9 Å². The molecule has 0 spiro atoms. The van der Waals surface area contributed by atoms with E-state index in [2.05, 4.69) is 60.8 Å². The van der Waals surface area contributed by atoms with E-state index >= 15 is 0 Å². The summed E-state index contributed by atoms with van der Waals surface area (Å²) in [6.45, 7) is 2.10. The summed E-state index contributed by atoms with van der Waals surface area (Å²) in [7, 11) is 0. The highest BCUT2D eigenvalue weighted by atomic mass is 35.5. The lowest BCUT2D eigenvalue weighted by molar-refractivity contribution is 0.689. The van der Waals surface area contributed by atoms with E-state index in [1.807, 2.05) is 41.4 Å². The molecule has 3 aromatic carbocycles. The van der Waals surface area contributed by atoms with Gasteiger partial charge in [0.15, 0.2) is 0 Å². The smallest absolute Gasteiger partial charge is 0.223 e. The van der Waals surface area contributed by atoms with Crippen LogP contribution in [0.5, 0.6) is 0 Å². The molecule has 0 N–H and O–H groups in total. The molecule has 0 saturated carbocycles. The molecule has 0 aliphatic carbocycles. The van der Waals surface area contributed by atoms with Gasteiger partial charge in [-0.3, -0.25) is 0 Å². The topological polar surface area (TPSA) is 41.4 Å². The molecular formula is C28H21ClN4S. The molecule has 5 aromatic rings. The fourth-order valence-electron chi connectivity index (χ4n) is 4.34. The molecular weight excluding hydrogens is 460 g/mol. The number of benzene rings is 3. The van der Waals surface area contributed by atoms with Gasteiger partial charge in [-0.15, -0.1) is 11.3 Å². The first-order chi connectivity index (χ1) is 16.7. The average Bonchev–Trinajstić information content (AvgIpc) is 3.55. The maximum atomic E-state index is 6.35. The van der Waals surface area contributed by atoms with Gasteiger partial charge in [0.1, 0.15) is 0 Å². The number of anilines is 1. The Morgan fingerprint density at radius 2 is 1.74 bits per heavy atom. The minimum Gasteiger partial charge on any atom is -0.223 e. The second-order valence-corrected chi connectivity index (χ2v) is 9.78. The third-order valence-corrected chi connectivity index (χ3v) is 7.23. The summed E-state index contributed by atoms with van der Waals surface area (Å²) in [5.41, 5.74) is 6.20. The highest BCUT2D eigenvalue weighted by molar-refractivity contribution is 7.12. The molecule has 4 nitrogen and oxygen atoms in total. The predicted octanol–water partition coefficient (Wildman–Crippen LogP) is 7.68. The SMILES string of the molecule is Cc1ccc([C@H]2CC(c3cccs3)=NN2c2nc(-c3ccccc3)c3cc(Cl)ccc3n2)cc1. The van der Waals surface area contributed by atoms with Crippen molar-refractivity contribution in [3.05, 3.63) is 111 Å². The Kier molecular flexibility index (Phi) is 5.36. The molecule has 0 bridgehead atoms. The molecule has 1 aliphatic heterocycles. The van der Waals surface area contributed by atoms with Crippen molar-refractivity contribution in [1.82, 2.24) is 9.97 Å². The Balaban J connectivity index is 1.54. The van der Waals surface area contributed by atoms with Crippen molar-refractivity contribution in [2.75, 3.05) is 5.01 Å². The van der Waals surface area contributed by atoms with Crippen molar-refractivity contribution in [2.24, 2.45) is 5.10 Å². The van der Waals surface area contributed by atoms with Crippen LogP contribution in [0.4, 0.5) is 5.95 Å². The summed E-state index contributed by atoms with van der Waals surface area (Å²) in [4.78, 5) is 11.2. The standard InChI is InChI=1S/C28H21ClN4S/c1-18-9-11-19(12-10-18)25-17-24(26-8-5-15-34-26)32-33(25)28-30-23-14-13-21(29)16-22(23)27(31-28)20-6-3-2-4-7-20/h2-16,25H,17H2,1H3/t25-/m1/s1. The van der Waals surface area contributed by atoms with E-state index in [1.54, 1.807) is 11.3 Å². The molecule has 34 heavy (non-hydrogen) atoms. The number of rotatable bonds is 4. The van der Waals surface area contributed by atoms with Crippen molar-refractivity contribution in [2.45, 2.75) is 19.4 Å². The van der Waals surface area contributed by atoms with Gasteiger partial charge in [0.05, 0.1) is 27.8 Å². The van der Waals surface area contributed by atoms with E-state index in [0.717, 1.165) is 34.3 Å². The van der Waals surface area contributed by atoms with Crippen LogP contribution in [0.1, 0.15) is 28.5 Å². The molecule has 3 heterocycles. The van der Waals surface area contributed by atoms with Crippen LogP contribution in [0, 0.1) is 6.92 Å². The van der Waals surface area contributed by atoms with Gasteiger partial charge in [-0.25, -0.2) is 15.0 Å². The Morgan fingerprint density at radius 3 is 2.50 bits per heavy atom. The molecule has 1 atom stereocenters. The highest BCUT2D eigenvalue weighted by Crippen LogP contribution is 2.38. The molecule has 6 rings (SSSR count). The largest absolute Gasteiger partial charge is 0.247 e. The summed E-state index contributed by atoms with van der Waals surface area (Å²) in [6.07, 6.45) is 0.798. The summed E-state index contributed by atoms with van der Waals surface area (Å²) in [6, 6.07) is 28.8. The second-order valence-electron chi connectivity index (χ2n) is 8.40. The zero-order valence-corrected chi connectivity index (χ0v) is 20.1. The van der Waals surface area contributed by atoms with Gasteiger partial charge in [0.25, 0.3) is 0 Å². The van der Waals surface area contributed by atoms with Crippen molar-refractivity contribution in [3.8, 4) is 11.3 Å². The molecule has 0 amide bonds. The van der Waals surface area contributed by atoms with Crippen LogP contribution < -0.4 is 5.01 Å². The van der Waals surface area contributed by atoms with Crippen LogP contribution in [0.25, 0.3) is 22.2 Å². The van der Waals surface area contributed by atoms with E-state index in [9.17, 15) is 0 Å². The maximum Gasteiger partial charge on any atom is 0.247 e. The Hall–Kier alpha value is -3.54. The van der Waals surface area contributed by atoms with E-state index in [1.165, 1.54) is 16.0 Å². The van der Waals surface area contributed by atoms with E-state index < -0.39 is 0 Å². The zero-order valence-electron chi connectivity index (χ0n) is 18.5. The quantitative estimate of drug-likeness (QED) is 0.265. The zero-order chi connectivity index (χ0) is 23.1. The normalized spacial score (nSPS) is 15.6. The first-order valence-electron chi connectivity index (χ1n) is 11.2. The monoisotopic (exact) mass is 480 g/mol. The van der Waals surface area contributed by atoms with Crippen LogP contribution in [0.2, 0.25) is 5.02 Å². The summed E-state index contributed by atoms with van der Waals surface area (Å²) < 4.78 is 0. The Bertz CT molecular complexity index is 1500. The van der Waals surface area contributed by atoms with Gasteiger partial charge >= 0.3 is 0 Å². The first-order valence-corrected chi connectivity index (χ1v) is 12.4. The van der Waals surface area contributed by atoms with Gasteiger partial charge in [0, 0.05) is 22.4 Å². The van der Waals surface area contributed by atoms with Crippen molar-refractivity contribution >= 4 is 45.5 Å². The first kappa shape index (κ1) is 21.0. The van der Waals surface area contributed by atoms with Gasteiger partial charge in [-0.05, 0) is 42.1 Å². The molecule has 0 unspecified atom stereocenters. The van der Waals surface area contributed by atoms with Gasteiger partial charge in [0.2, 0.25) is 5.95 Å². The maximum absolute atomic E-state index is 6.35. The lowest BCUT2D eigenvalue weighted by Gasteiger charge is -2.23. The second kappa shape index (κ2) is 8.67. The summed E-state index contributed by atoms with van der Waals surface area (Å²) >= 11 is 8.06. The van der Waals surface area contributed by atoms with Crippen LogP contribution in [-0.2, 0) is 0 Å². The fraction of sp³-hybridized carbons (Fsp3) is 0.107. The summed E-state index contributed by atoms with van der Waals surface area (Å²) in [5, 5.41) is 10.7. The average molecular weight is 481 g/mol. The number of halogens is 1. The molecule has 166 valence electrons. The minimum atomic E-state index is 0.0195. The van der Waals surface area contributed by atoms with E-state index in [4.69, 9.17) is 26.7 Å². The van der Waals surface area contributed by atoms with E-state index in [0.29, 0.717) is 11.0 Å². The number of nitrogens with zero attached hydrogens (tertiary/aromatic N) is 4. The molecule has 2 aromatic heterocycles.